The van der Waals surface area contributed by atoms with E-state index in [1.54, 1.807) is 0 Å². The second kappa shape index (κ2) is 8.88. The highest BCUT2D eigenvalue weighted by molar-refractivity contribution is 5.17. The van der Waals surface area contributed by atoms with Crippen molar-refractivity contribution >= 4 is 0 Å². The van der Waals surface area contributed by atoms with Crippen LogP contribution in [0.15, 0.2) is 18.3 Å². The van der Waals surface area contributed by atoms with Crippen molar-refractivity contribution in [2.24, 2.45) is 5.92 Å². The van der Waals surface area contributed by atoms with Crippen LogP contribution in [0.3, 0.4) is 0 Å². The molecule has 4 heteroatoms. The molecule has 0 saturated carbocycles. The third-order valence-electron chi connectivity index (χ3n) is 2.44. The van der Waals surface area contributed by atoms with Crippen LogP contribution in [0.25, 0.3) is 0 Å². The number of hydrogen-bond acceptors (Lipinski definition) is 4. The molecule has 19 heavy (non-hydrogen) atoms. The van der Waals surface area contributed by atoms with E-state index in [1.807, 2.05) is 18.3 Å². The number of rotatable bonds is 9. The molecule has 0 fully saturated rings. The predicted octanol–water partition coefficient (Wildman–Crippen LogP) is 2.63. The van der Waals surface area contributed by atoms with Gasteiger partial charge in [-0.15, -0.1) is 0 Å². The maximum atomic E-state index is 5.51. The number of ether oxygens (including phenoxy) is 2. The van der Waals surface area contributed by atoms with Crippen molar-refractivity contribution in [1.29, 1.82) is 0 Å². The normalized spacial score (nSPS) is 11.3. The monoisotopic (exact) mass is 266 g/mol. The Morgan fingerprint density at radius 2 is 1.95 bits per heavy atom. The van der Waals surface area contributed by atoms with Gasteiger partial charge in [0.05, 0.1) is 6.61 Å². The quantitative estimate of drug-likeness (QED) is 0.698. The van der Waals surface area contributed by atoms with Crippen LogP contribution < -0.4 is 10.1 Å². The Balaban J connectivity index is 2.20. The van der Waals surface area contributed by atoms with Gasteiger partial charge in [0.25, 0.3) is 0 Å². The second-order valence-electron chi connectivity index (χ2n) is 5.36. The van der Waals surface area contributed by atoms with Gasteiger partial charge in [-0.05, 0) is 11.5 Å². The lowest BCUT2D eigenvalue weighted by molar-refractivity contribution is 0.0806. The van der Waals surface area contributed by atoms with Gasteiger partial charge in [0.1, 0.15) is 6.61 Å². The Hall–Kier alpha value is -1.13. The summed E-state index contributed by atoms with van der Waals surface area (Å²) in [5.41, 5.74) is 1.16. The van der Waals surface area contributed by atoms with Crippen molar-refractivity contribution < 1.29 is 9.47 Å². The first kappa shape index (κ1) is 15.9. The molecule has 1 N–H and O–H groups in total. The Kier molecular flexibility index (Phi) is 7.45. The second-order valence-corrected chi connectivity index (χ2v) is 5.36. The zero-order valence-electron chi connectivity index (χ0n) is 12.5. The van der Waals surface area contributed by atoms with Crippen LogP contribution in [0.5, 0.6) is 5.88 Å². The average molecular weight is 266 g/mol. The molecule has 1 aromatic heterocycles. The summed E-state index contributed by atoms with van der Waals surface area (Å²) in [7, 11) is 0. The van der Waals surface area contributed by atoms with Crippen molar-refractivity contribution in [3.05, 3.63) is 23.9 Å². The van der Waals surface area contributed by atoms with E-state index >= 15 is 0 Å². The third-order valence-corrected chi connectivity index (χ3v) is 2.44. The summed E-state index contributed by atoms with van der Waals surface area (Å²) in [5, 5.41) is 3.35. The van der Waals surface area contributed by atoms with E-state index in [1.165, 1.54) is 0 Å². The molecule has 0 aliphatic heterocycles. The van der Waals surface area contributed by atoms with Crippen LogP contribution in [-0.2, 0) is 11.3 Å². The summed E-state index contributed by atoms with van der Waals surface area (Å²) in [6.45, 7) is 11.3. The smallest absolute Gasteiger partial charge is 0.213 e. The number of pyridine rings is 1. The first-order valence-corrected chi connectivity index (χ1v) is 6.96. The largest absolute Gasteiger partial charge is 0.475 e. The molecular formula is C15H26N2O2. The topological polar surface area (TPSA) is 43.4 Å². The van der Waals surface area contributed by atoms with Crippen molar-refractivity contribution in [3.8, 4) is 5.88 Å². The van der Waals surface area contributed by atoms with E-state index in [0.717, 1.165) is 18.7 Å². The van der Waals surface area contributed by atoms with E-state index in [4.69, 9.17) is 9.47 Å². The molecule has 0 saturated heterocycles. The SMILES string of the molecule is CC(C)COCCOc1ccc(CNC(C)C)cn1. The molecule has 1 heterocycles. The molecule has 0 aliphatic carbocycles. The number of aromatic nitrogens is 1. The fourth-order valence-corrected chi connectivity index (χ4v) is 1.45. The lowest BCUT2D eigenvalue weighted by atomic mass is 10.2. The summed E-state index contributed by atoms with van der Waals surface area (Å²) in [5.74, 6) is 1.22. The molecule has 0 atom stereocenters. The molecule has 0 aliphatic rings. The Bertz CT molecular complexity index is 337. The van der Waals surface area contributed by atoms with Crippen LogP contribution in [0.4, 0.5) is 0 Å². The summed E-state index contributed by atoms with van der Waals surface area (Å²) in [6.07, 6.45) is 1.85. The number of hydrogen-bond donors (Lipinski definition) is 1. The maximum Gasteiger partial charge on any atom is 0.213 e. The van der Waals surface area contributed by atoms with Crippen LogP contribution in [0.1, 0.15) is 33.3 Å². The van der Waals surface area contributed by atoms with Gasteiger partial charge >= 0.3 is 0 Å². The van der Waals surface area contributed by atoms with Gasteiger partial charge in [-0.2, -0.15) is 0 Å². The summed E-state index contributed by atoms with van der Waals surface area (Å²) >= 11 is 0. The van der Waals surface area contributed by atoms with Crippen molar-refractivity contribution in [1.82, 2.24) is 10.3 Å². The molecule has 0 bridgehead atoms. The Morgan fingerprint density at radius 3 is 2.53 bits per heavy atom. The summed E-state index contributed by atoms with van der Waals surface area (Å²) in [4.78, 5) is 4.27. The van der Waals surface area contributed by atoms with Gasteiger partial charge in [-0.1, -0.05) is 33.8 Å². The molecule has 0 unspecified atom stereocenters. The van der Waals surface area contributed by atoms with E-state index in [0.29, 0.717) is 31.1 Å². The molecule has 0 amide bonds. The molecule has 0 aromatic carbocycles. The maximum absolute atomic E-state index is 5.51. The molecule has 4 nitrogen and oxygen atoms in total. The lowest BCUT2D eigenvalue weighted by Gasteiger charge is -2.09. The molecule has 1 aromatic rings. The first-order chi connectivity index (χ1) is 9.08. The molecule has 0 radical (unpaired) electrons. The lowest BCUT2D eigenvalue weighted by Crippen LogP contribution is -2.21. The predicted molar refractivity (Wildman–Crippen MR) is 77.4 cm³/mol. The highest BCUT2D eigenvalue weighted by Gasteiger charge is 1.99. The zero-order chi connectivity index (χ0) is 14.1. The van der Waals surface area contributed by atoms with Crippen LogP contribution in [0, 0.1) is 5.92 Å². The van der Waals surface area contributed by atoms with Crippen molar-refractivity contribution in [2.75, 3.05) is 19.8 Å². The fraction of sp³-hybridized carbons (Fsp3) is 0.667. The van der Waals surface area contributed by atoms with Crippen LogP contribution in [-0.4, -0.2) is 30.8 Å². The van der Waals surface area contributed by atoms with Gasteiger partial charge in [0.2, 0.25) is 5.88 Å². The molecule has 0 spiro atoms. The Labute approximate surface area is 116 Å². The van der Waals surface area contributed by atoms with Gasteiger partial charge < -0.3 is 14.8 Å². The van der Waals surface area contributed by atoms with Gasteiger partial charge in [-0.25, -0.2) is 4.98 Å². The molecule has 108 valence electrons. The number of nitrogens with zero attached hydrogens (tertiary/aromatic N) is 1. The van der Waals surface area contributed by atoms with Crippen LogP contribution >= 0.6 is 0 Å². The average Bonchev–Trinajstić information content (AvgIpc) is 2.37. The number of nitrogens with one attached hydrogen (secondary N) is 1. The first-order valence-electron chi connectivity index (χ1n) is 6.96. The van der Waals surface area contributed by atoms with E-state index < -0.39 is 0 Å². The van der Waals surface area contributed by atoms with E-state index in [2.05, 4.69) is 38.0 Å². The van der Waals surface area contributed by atoms with Gasteiger partial charge in [0.15, 0.2) is 0 Å². The van der Waals surface area contributed by atoms with Crippen molar-refractivity contribution in [2.45, 2.75) is 40.3 Å². The van der Waals surface area contributed by atoms with Gasteiger partial charge in [0, 0.05) is 31.5 Å². The van der Waals surface area contributed by atoms with Crippen LogP contribution in [0.2, 0.25) is 0 Å². The van der Waals surface area contributed by atoms with E-state index in [-0.39, 0.29) is 0 Å². The summed E-state index contributed by atoms with van der Waals surface area (Å²) < 4.78 is 11.0. The molecule has 1 rings (SSSR count). The van der Waals surface area contributed by atoms with E-state index in [9.17, 15) is 0 Å². The van der Waals surface area contributed by atoms with Crippen molar-refractivity contribution in [3.63, 3.8) is 0 Å². The Morgan fingerprint density at radius 1 is 1.16 bits per heavy atom. The zero-order valence-corrected chi connectivity index (χ0v) is 12.5. The fourth-order valence-electron chi connectivity index (χ4n) is 1.45. The molecular weight excluding hydrogens is 240 g/mol. The minimum Gasteiger partial charge on any atom is -0.475 e. The highest BCUT2D eigenvalue weighted by atomic mass is 16.5. The minimum atomic E-state index is 0.481. The minimum absolute atomic E-state index is 0.481. The highest BCUT2D eigenvalue weighted by Crippen LogP contribution is 2.07. The third kappa shape index (κ3) is 7.80. The van der Waals surface area contributed by atoms with Gasteiger partial charge in [-0.3, -0.25) is 0 Å². The standard InChI is InChI=1S/C15H26N2O2/c1-12(2)11-18-7-8-19-15-6-5-14(10-17-15)9-16-13(3)4/h5-6,10,12-13,16H,7-9,11H2,1-4H3. The summed E-state index contributed by atoms with van der Waals surface area (Å²) in [6, 6.07) is 4.42.